The van der Waals surface area contributed by atoms with Crippen LogP contribution in [-0.4, -0.2) is 29.8 Å². The van der Waals surface area contributed by atoms with E-state index < -0.39 is 17.5 Å². The van der Waals surface area contributed by atoms with Crippen molar-refractivity contribution in [3.63, 3.8) is 0 Å². The van der Waals surface area contributed by atoms with Gasteiger partial charge in [-0.3, -0.25) is 9.59 Å². The second-order valence-electron chi connectivity index (χ2n) is 4.28. The number of methoxy groups -OCH3 is 1. The summed E-state index contributed by atoms with van der Waals surface area (Å²) < 4.78 is 5.00. The number of Topliss-reactive ketones (excluding diaryl/α,β-unsaturated/α-hetero) is 2. The van der Waals surface area contributed by atoms with Crippen LogP contribution < -0.4 is 0 Å². The zero-order chi connectivity index (χ0) is 14.9. The number of aliphatic carboxylic acids is 1. The molecule has 1 aromatic rings. The number of allylic oxidation sites excluding steroid dienone is 3. The summed E-state index contributed by atoms with van der Waals surface area (Å²) in [5.41, 5.74) is 0.438. The predicted octanol–water partition coefficient (Wildman–Crippen LogP) is 2.00. The molecule has 0 amide bonds. The molecule has 102 valence electrons. The highest BCUT2D eigenvalue weighted by Crippen LogP contribution is 2.28. The number of fused-ring (bicyclic) bond motifs is 1. The molecular formula is C15H12O5. The molecule has 0 heterocycles. The van der Waals surface area contributed by atoms with Gasteiger partial charge >= 0.3 is 5.97 Å². The van der Waals surface area contributed by atoms with E-state index in [4.69, 9.17) is 9.84 Å². The van der Waals surface area contributed by atoms with E-state index in [0.29, 0.717) is 0 Å². The first-order valence-corrected chi connectivity index (χ1v) is 5.85. The van der Waals surface area contributed by atoms with Crippen molar-refractivity contribution in [1.82, 2.24) is 0 Å². The number of benzene rings is 1. The molecule has 0 unspecified atom stereocenters. The third kappa shape index (κ3) is 2.14. The van der Waals surface area contributed by atoms with Crippen molar-refractivity contribution >= 4 is 17.5 Å². The van der Waals surface area contributed by atoms with Crippen LogP contribution in [-0.2, 0) is 9.53 Å². The van der Waals surface area contributed by atoms with Crippen molar-refractivity contribution in [2.45, 2.75) is 6.92 Å². The number of rotatable bonds is 3. The van der Waals surface area contributed by atoms with Crippen molar-refractivity contribution in [3.8, 4) is 0 Å². The highest BCUT2D eigenvalue weighted by atomic mass is 16.5. The molecule has 5 nitrogen and oxygen atoms in total. The standard InChI is InChI=1S/C15H12O5/c1-8(15(18)19)7-11-12(16)9-5-3-4-6-10(9)13(17)14(11)20-2/h3-7H,1-2H3,(H,18,19). The lowest BCUT2D eigenvalue weighted by atomic mass is 9.87. The minimum absolute atomic E-state index is 0.0314. The fourth-order valence-corrected chi connectivity index (χ4v) is 1.98. The summed E-state index contributed by atoms with van der Waals surface area (Å²) >= 11 is 0. The molecule has 0 bridgehead atoms. The molecule has 1 aliphatic carbocycles. The third-order valence-electron chi connectivity index (χ3n) is 3.01. The molecule has 0 radical (unpaired) electrons. The Bertz CT molecular complexity index is 679. The molecule has 0 aliphatic heterocycles. The summed E-state index contributed by atoms with van der Waals surface area (Å²) in [6.45, 7) is 1.35. The molecule has 5 heteroatoms. The van der Waals surface area contributed by atoms with Crippen molar-refractivity contribution < 1.29 is 24.2 Å². The Morgan fingerprint density at radius 2 is 1.70 bits per heavy atom. The van der Waals surface area contributed by atoms with Crippen LogP contribution in [0.25, 0.3) is 0 Å². The van der Waals surface area contributed by atoms with E-state index in [2.05, 4.69) is 0 Å². The Hall–Kier alpha value is -2.69. The van der Waals surface area contributed by atoms with Gasteiger partial charge in [0.15, 0.2) is 11.5 Å². The van der Waals surface area contributed by atoms with Crippen LogP contribution in [0.3, 0.4) is 0 Å². The maximum Gasteiger partial charge on any atom is 0.331 e. The van der Waals surface area contributed by atoms with Crippen LogP contribution in [0, 0.1) is 0 Å². The number of ketones is 2. The SMILES string of the molecule is COC1=C(C=C(C)C(=O)O)C(=O)c2ccccc2C1=O. The van der Waals surface area contributed by atoms with E-state index in [-0.39, 0.29) is 28.0 Å². The maximum atomic E-state index is 12.4. The Morgan fingerprint density at radius 1 is 1.15 bits per heavy atom. The molecular weight excluding hydrogens is 260 g/mol. The van der Waals surface area contributed by atoms with Crippen LogP contribution in [0.4, 0.5) is 0 Å². The van der Waals surface area contributed by atoms with Gasteiger partial charge in [-0.05, 0) is 13.0 Å². The highest BCUT2D eigenvalue weighted by Gasteiger charge is 2.32. The molecule has 0 aromatic heterocycles. The van der Waals surface area contributed by atoms with E-state index in [9.17, 15) is 14.4 Å². The smallest absolute Gasteiger partial charge is 0.331 e. The summed E-state index contributed by atoms with van der Waals surface area (Å²) in [7, 11) is 1.28. The second-order valence-corrected chi connectivity index (χ2v) is 4.28. The van der Waals surface area contributed by atoms with Gasteiger partial charge in [0, 0.05) is 16.7 Å². The minimum Gasteiger partial charge on any atom is -0.492 e. The summed E-state index contributed by atoms with van der Waals surface area (Å²) in [5.74, 6) is -2.13. The van der Waals surface area contributed by atoms with Crippen molar-refractivity contribution in [2.75, 3.05) is 7.11 Å². The topological polar surface area (TPSA) is 80.7 Å². The summed E-state index contributed by atoms with van der Waals surface area (Å²) in [6, 6.07) is 6.37. The third-order valence-corrected chi connectivity index (χ3v) is 3.01. The van der Waals surface area contributed by atoms with Gasteiger partial charge < -0.3 is 9.84 Å². The largest absolute Gasteiger partial charge is 0.492 e. The number of hydrogen-bond donors (Lipinski definition) is 1. The zero-order valence-electron chi connectivity index (χ0n) is 11.0. The van der Waals surface area contributed by atoms with E-state index in [0.717, 1.165) is 6.08 Å². The summed E-state index contributed by atoms with van der Waals surface area (Å²) in [6.07, 6.45) is 1.16. The zero-order valence-corrected chi connectivity index (χ0v) is 11.0. The molecule has 1 aromatic carbocycles. The maximum absolute atomic E-state index is 12.4. The Balaban J connectivity index is 2.66. The van der Waals surface area contributed by atoms with E-state index in [1.807, 2.05) is 0 Å². The van der Waals surface area contributed by atoms with Crippen LogP contribution >= 0.6 is 0 Å². The van der Waals surface area contributed by atoms with Crippen LogP contribution in [0.5, 0.6) is 0 Å². The quantitative estimate of drug-likeness (QED) is 0.851. The molecule has 1 N–H and O–H groups in total. The number of carbonyl (C=O) groups is 3. The van der Waals surface area contributed by atoms with E-state index in [1.54, 1.807) is 18.2 Å². The lowest BCUT2D eigenvalue weighted by molar-refractivity contribution is -0.132. The highest BCUT2D eigenvalue weighted by molar-refractivity contribution is 6.27. The summed E-state index contributed by atoms with van der Waals surface area (Å²) in [5, 5.41) is 8.89. The van der Waals surface area contributed by atoms with Gasteiger partial charge in [-0.2, -0.15) is 0 Å². The number of carbonyl (C=O) groups excluding carboxylic acids is 2. The Kier molecular flexibility index (Phi) is 3.52. The predicted molar refractivity (Wildman–Crippen MR) is 70.5 cm³/mol. The van der Waals surface area contributed by atoms with Gasteiger partial charge in [0.1, 0.15) is 0 Å². The first kappa shape index (κ1) is 13.7. The molecule has 0 atom stereocenters. The van der Waals surface area contributed by atoms with Gasteiger partial charge in [-0.15, -0.1) is 0 Å². The first-order valence-electron chi connectivity index (χ1n) is 5.85. The number of ether oxygens (including phenoxy) is 1. The van der Waals surface area contributed by atoms with Crippen LogP contribution in [0.15, 0.2) is 47.2 Å². The second kappa shape index (κ2) is 5.13. The fourth-order valence-electron chi connectivity index (χ4n) is 1.98. The van der Waals surface area contributed by atoms with Gasteiger partial charge in [-0.25, -0.2) is 4.79 Å². The van der Waals surface area contributed by atoms with Crippen LogP contribution in [0.1, 0.15) is 27.6 Å². The monoisotopic (exact) mass is 272 g/mol. The molecule has 0 saturated heterocycles. The first-order chi connectivity index (χ1) is 9.47. The van der Waals surface area contributed by atoms with Gasteiger partial charge in [0.05, 0.1) is 12.7 Å². The van der Waals surface area contributed by atoms with Gasteiger partial charge in [0.25, 0.3) is 0 Å². The lowest BCUT2D eigenvalue weighted by Crippen LogP contribution is -2.22. The molecule has 0 spiro atoms. The van der Waals surface area contributed by atoms with E-state index in [1.165, 1.54) is 20.1 Å². The number of carboxylic acid groups (broad SMARTS) is 1. The number of hydrogen-bond acceptors (Lipinski definition) is 4. The normalized spacial score (nSPS) is 15.2. The average Bonchev–Trinajstić information content (AvgIpc) is 2.44. The molecule has 1 aliphatic rings. The minimum atomic E-state index is -1.16. The van der Waals surface area contributed by atoms with E-state index >= 15 is 0 Å². The summed E-state index contributed by atoms with van der Waals surface area (Å²) in [4.78, 5) is 35.5. The molecule has 20 heavy (non-hydrogen) atoms. The average molecular weight is 272 g/mol. The fraction of sp³-hybridized carbons (Fsp3) is 0.133. The molecule has 0 fully saturated rings. The van der Waals surface area contributed by atoms with Gasteiger partial charge in [0.2, 0.25) is 5.78 Å². The van der Waals surface area contributed by atoms with Gasteiger partial charge in [-0.1, -0.05) is 24.3 Å². The molecule has 2 rings (SSSR count). The van der Waals surface area contributed by atoms with Crippen LogP contribution in [0.2, 0.25) is 0 Å². The van der Waals surface area contributed by atoms with Crippen molar-refractivity contribution in [1.29, 1.82) is 0 Å². The Labute approximate surface area is 115 Å². The number of carboxylic acids is 1. The lowest BCUT2D eigenvalue weighted by Gasteiger charge is -2.18. The van der Waals surface area contributed by atoms with Crippen molar-refractivity contribution in [2.24, 2.45) is 0 Å². The van der Waals surface area contributed by atoms with Crippen molar-refractivity contribution in [3.05, 3.63) is 58.4 Å². The Morgan fingerprint density at radius 3 is 2.20 bits per heavy atom. The molecule has 0 saturated carbocycles.